The smallest absolute Gasteiger partial charge is 0.292 e. The normalized spacial score (nSPS) is 15.7. The zero-order valence-electron chi connectivity index (χ0n) is 12.7. The molecular formula is C15H21N3O3. The first-order valence-electron chi connectivity index (χ1n) is 7.17. The lowest BCUT2D eigenvalue weighted by Gasteiger charge is -2.36. The molecular weight excluding hydrogens is 270 g/mol. The van der Waals surface area contributed by atoms with Crippen molar-refractivity contribution in [2.45, 2.75) is 20.8 Å². The van der Waals surface area contributed by atoms with Crippen LogP contribution in [0.25, 0.3) is 0 Å². The van der Waals surface area contributed by atoms with Gasteiger partial charge in [-0.1, -0.05) is 26.0 Å². The average molecular weight is 291 g/mol. The van der Waals surface area contributed by atoms with Gasteiger partial charge in [-0.3, -0.25) is 14.9 Å². The third kappa shape index (κ3) is 3.32. The summed E-state index contributed by atoms with van der Waals surface area (Å²) in [5.74, 6) is 0.459. The molecule has 1 aromatic carbocycles. The predicted molar refractivity (Wildman–Crippen MR) is 81.5 cm³/mol. The Labute approximate surface area is 124 Å². The number of carbonyl (C=O) groups is 1. The number of nitrogens with zero attached hydrogens (tertiary/aromatic N) is 3. The van der Waals surface area contributed by atoms with E-state index in [-0.39, 0.29) is 23.1 Å². The minimum absolute atomic E-state index is 0.0347. The van der Waals surface area contributed by atoms with Gasteiger partial charge in [-0.25, -0.2) is 0 Å². The Hall–Kier alpha value is -2.11. The quantitative estimate of drug-likeness (QED) is 0.630. The maximum absolute atomic E-state index is 12.2. The molecule has 1 aliphatic rings. The van der Waals surface area contributed by atoms with Crippen molar-refractivity contribution >= 4 is 17.3 Å². The van der Waals surface area contributed by atoms with Gasteiger partial charge in [0.1, 0.15) is 5.69 Å². The van der Waals surface area contributed by atoms with E-state index >= 15 is 0 Å². The molecule has 0 spiro atoms. The highest BCUT2D eigenvalue weighted by atomic mass is 16.6. The van der Waals surface area contributed by atoms with Crippen LogP contribution < -0.4 is 4.90 Å². The van der Waals surface area contributed by atoms with E-state index in [0.29, 0.717) is 24.7 Å². The molecule has 1 amide bonds. The largest absolute Gasteiger partial charge is 0.355 e. The summed E-state index contributed by atoms with van der Waals surface area (Å²) in [6.45, 7) is 8.18. The fraction of sp³-hybridized carbons (Fsp3) is 0.533. The number of para-hydroxylation sites is 1. The second-order valence-corrected chi connectivity index (χ2v) is 5.85. The van der Waals surface area contributed by atoms with Crippen molar-refractivity contribution in [1.29, 1.82) is 0 Å². The van der Waals surface area contributed by atoms with Gasteiger partial charge in [0.25, 0.3) is 5.69 Å². The van der Waals surface area contributed by atoms with Crippen LogP contribution in [0.3, 0.4) is 0 Å². The molecule has 0 atom stereocenters. The van der Waals surface area contributed by atoms with Gasteiger partial charge in [-0.05, 0) is 18.4 Å². The highest BCUT2D eigenvalue weighted by Gasteiger charge is 2.29. The zero-order chi connectivity index (χ0) is 15.6. The fourth-order valence-corrected chi connectivity index (χ4v) is 2.74. The number of hydrogen-bond acceptors (Lipinski definition) is 4. The van der Waals surface area contributed by atoms with Crippen molar-refractivity contribution in [3.05, 3.63) is 33.9 Å². The van der Waals surface area contributed by atoms with Crippen LogP contribution in [0.2, 0.25) is 0 Å². The van der Waals surface area contributed by atoms with Crippen molar-refractivity contribution in [2.24, 2.45) is 5.92 Å². The first-order chi connectivity index (χ1) is 9.90. The number of rotatable bonds is 4. The van der Waals surface area contributed by atoms with Gasteiger partial charge in [0, 0.05) is 25.7 Å². The first-order valence-corrected chi connectivity index (χ1v) is 7.17. The van der Waals surface area contributed by atoms with Crippen LogP contribution in [-0.2, 0) is 4.79 Å². The Kier molecular flexibility index (Phi) is 4.45. The Balaban J connectivity index is 2.22. The van der Waals surface area contributed by atoms with E-state index in [2.05, 4.69) is 13.8 Å². The Morgan fingerprint density at radius 3 is 2.62 bits per heavy atom. The monoisotopic (exact) mass is 291 g/mol. The van der Waals surface area contributed by atoms with Crippen molar-refractivity contribution < 1.29 is 9.72 Å². The number of anilines is 1. The number of nitro groups is 1. The van der Waals surface area contributed by atoms with Gasteiger partial charge >= 0.3 is 0 Å². The summed E-state index contributed by atoms with van der Waals surface area (Å²) in [4.78, 5) is 26.7. The van der Waals surface area contributed by atoms with Crippen molar-refractivity contribution in [2.75, 3.05) is 31.1 Å². The second kappa shape index (κ2) is 6.11. The number of hydrogen-bond donors (Lipinski definition) is 0. The maximum atomic E-state index is 12.2. The third-order valence-corrected chi connectivity index (χ3v) is 3.63. The third-order valence-electron chi connectivity index (χ3n) is 3.63. The van der Waals surface area contributed by atoms with Crippen molar-refractivity contribution in [3.63, 3.8) is 0 Å². The second-order valence-electron chi connectivity index (χ2n) is 5.85. The highest BCUT2D eigenvalue weighted by Crippen LogP contribution is 2.32. The fourth-order valence-electron chi connectivity index (χ4n) is 2.74. The van der Waals surface area contributed by atoms with E-state index in [1.165, 1.54) is 6.07 Å². The van der Waals surface area contributed by atoms with Crippen LogP contribution >= 0.6 is 0 Å². The lowest BCUT2D eigenvalue weighted by Crippen LogP contribution is -2.51. The molecule has 21 heavy (non-hydrogen) atoms. The standard InChI is InChI=1S/C15H21N3O3/c1-11(2)9-16-7-8-17(10-14(16)19)15-12(3)5-4-6-13(15)18(20)21/h4-6,11H,7-10H2,1-3H3. The van der Waals surface area contributed by atoms with Crippen LogP contribution in [0.1, 0.15) is 19.4 Å². The molecule has 1 fully saturated rings. The van der Waals surface area contributed by atoms with E-state index in [1.807, 2.05) is 22.8 Å². The topological polar surface area (TPSA) is 66.7 Å². The van der Waals surface area contributed by atoms with E-state index in [9.17, 15) is 14.9 Å². The Morgan fingerprint density at radius 2 is 2.05 bits per heavy atom. The van der Waals surface area contributed by atoms with Crippen LogP contribution in [-0.4, -0.2) is 41.9 Å². The summed E-state index contributed by atoms with van der Waals surface area (Å²) >= 11 is 0. The Bertz CT molecular complexity index is 557. The number of piperazine rings is 1. The Morgan fingerprint density at radius 1 is 1.33 bits per heavy atom. The predicted octanol–water partition coefficient (Wildman–Crippen LogP) is 2.21. The van der Waals surface area contributed by atoms with Crippen molar-refractivity contribution in [3.8, 4) is 0 Å². The molecule has 0 aliphatic carbocycles. The molecule has 0 aromatic heterocycles. The number of amides is 1. The number of benzene rings is 1. The first kappa shape index (κ1) is 15.3. The molecule has 0 N–H and O–H groups in total. The van der Waals surface area contributed by atoms with Gasteiger partial charge < -0.3 is 9.80 Å². The van der Waals surface area contributed by atoms with E-state index in [4.69, 9.17) is 0 Å². The summed E-state index contributed by atoms with van der Waals surface area (Å²) < 4.78 is 0. The summed E-state index contributed by atoms with van der Waals surface area (Å²) in [5, 5.41) is 11.2. The highest BCUT2D eigenvalue weighted by molar-refractivity contribution is 5.84. The van der Waals surface area contributed by atoms with Gasteiger partial charge in [-0.15, -0.1) is 0 Å². The van der Waals surface area contributed by atoms with Gasteiger partial charge in [0.05, 0.1) is 11.5 Å². The molecule has 114 valence electrons. The average Bonchev–Trinajstić information content (AvgIpc) is 2.40. The maximum Gasteiger partial charge on any atom is 0.292 e. The number of aryl methyl sites for hydroxylation is 1. The minimum Gasteiger partial charge on any atom is -0.355 e. The van der Waals surface area contributed by atoms with Crippen molar-refractivity contribution in [1.82, 2.24) is 4.90 Å². The zero-order valence-corrected chi connectivity index (χ0v) is 12.7. The summed E-state index contributed by atoms with van der Waals surface area (Å²) in [7, 11) is 0. The van der Waals surface area contributed by atoms with E-state index in [1.54, 1.807) is 6.07 Å². The molecule has 0 radical (unpaired) electrons. The SMILES string of the molecule is Cc1cccc([N+](=O)[O-])c1N1CCN(CC(C)C)C(=O)C1. The van der Waals surface area contributed by atoms with Gasteiger partial charge in [0.15, 0.2) is 0 Å². The molecule has 1 heterocycles. The molecule has 0 bridgehead atoms. The number of carbonyl (C=O) groups excluding carboxylic acids is 1. The summed E-state index contributed by atoms with van der Waals surface area (Å²) in [6, 6.07) is 5.01. The number of nitro benzene ring substituents is 1. The molecule has 6 heteroatoms. The van der Waals surface area contributed by atoms with E-state index in [0.717, 1.165) is 12.1 Å². The summed E-state index contributed by atoms with van der Waals surface area (Å²) in [5.41, 5.74) is 1.47. The lowest BCUT2D eigenvalue weighted by atomic mass is 10.1. The van der Waals surface area contributed by atoms with Crippen LogP contribution in [0.5, 0.6) is 0 Å². The van der Waals surface area contributed by atoms with Gasteiger partial charge in [-0.2, -0.15) is 0 Å². The van der Waals surface area contributed by atoms with Crippen LogP contribution in [0, 0.1) is 23.0 Å². The summed E-state index contributed by atoms with van der Waals surface area (Å²) in [6.07, 6.45) is 0. The van der Waals surface area contributed by atoms with E-state index < -0.39 is 0 Å². The minimum atomic E-state index is -0.382. The molecule has 0 unspecified atom stereocenters. The lowest BCUT2D eigenvalue weighted by molar-refractivity contribution is -0.384. The van der Waals surface area contributed by atoms with Crippen LogP contribution in [0.15, 0.2) is 18.2 Å². The molecule has 2 rings (SSSR count). The van der Waals surface area contributed by atoms with Gasteiger partial charge in [0.2, 0.25) is 5.91 Å². The molecule has 0 saturated carbocycles. The van der Waals surface area contributed by atoms with Crippen LogP contribution in [0.4, 0.5) is 11.4 Å². The molecule has 1 aliphatic heterocycles. The molecule has 1 aromatic rings. The molecule has 6 nitrogen and oxygen atoms in total. The molecule has 1 saturated heterocycles.